The summed E-state index contributed by atoms with van der Waals surface area (Å²) in [6, 6.07) is 6.98. The van der Waals surface area contributed by atoms with Crippen molar-refractivity contribution in [3.63, 3.8) is 0 Å². The topological polar surface area (TPSA) is 69.6 Å². The number of rotatable bonds is 5. The number of hydrogen-bond donors (Lipinski definition) is 2. The van der Waals surface area contributed by atoms with Gasteiger partial charge in [-0.1, -0.05) is 18.1 Å². The monoisotopic (exact) mass is 260 g/mol. The van der Waals surface area contributed by atoms with Crippen LogP contribution < -0.4 is 5.32 Å². The highest BCUT2D eigenvalue weighted by Gasteiger charge is 2.09. The molecule has 0 radical (unpaired) electrons. The van der Waals surface area contributed by atoms with E-state index in [1.807, 2.05) is 12.1 Å². The first-order valence-corrected chi connectivity index (χ1v) is 5.79. The second-order valence-electron chi connectivity index (χ2n) is 4.07. The Kier molecular flexibility index (Phi) is 5.42. The van der Waals surface area contributed by atoms with Gasteiger partial charge >= 0.3 is 12.0 Å². The number of carboxylic acids is 1. The maximum atomic E-state index is 11.6. The van der Waals surface area contributed by atoms with Crippen molar-refractivity contribution in [2.45, 2.75) is 13.0 Å². The SMILES string of the molecule is C#Cc1ccc(CNC(=O)N(C)CCC(=O)O)cc1. The molecule has 0 saturated carbocycles. The molecule has 100 valence electrons. The molecule has 0 spiro atoms. The van der Waals surface area contributed by atoms with Crippen LogP contribution in [0.4, 0.5) is 4.79 Å². The van der Waals surface area contributed by atoms with Gasteiger partial charge in [-0.2, -0.15) is 0 Å². The lowest BCUT2D eigenvalue weighted by Gasteiger charge is -2.16. The Morgan fingerprint density at radius 2 is 2.00 bits per heavy atom. The number of carboxylic acid groups (broad SMARTS) is 1. The molecule has 0 aliphatic carbocycles. The third-order valence-electron chi connectivity index (χ3n) is 2.57. The Morgan fingerprint density at radius 1 is 1.37 bits per heavy atom. The van der Waals surface area contributed by atoms with Crippen molar-refractivity contribution in [2.24, 2.45) is 0 Å². The van der Waals surface area contributed by atoms with Crippen LogP contribution in [0.5, 0.6) is 0 Å². The van der Waals surface area contributed by atoms with Crippen molar-refractivity contribution in [3.8, 4) is 12.3 Å². The van der Waals surface area contributed by atoms with Gasteiger partial charge in [-0.25, -0.2) is 4.79 Å². The summed E-state index contributed by atoms with van der Waals surface area (Å²) in [5, 5.41) is 11.2. The molecule has 0 fully saturated rings. The van der Waals surface area contributed by atoms with Gasteiger partial charge in [0.25, 0.3) is 0 Å². The minimum absolute atomic E-state index is 0.0687. The van der Waals surface area contributed by atoms with E-state index in [9.17, 15) is 9.59 Å². The summed E-state index contributed by atoms with van der Waals surface area (Å²) in [4.78, 5) is 23.4. The molecule has 0 aromatic heterocycles. The fourth-order valence-corrected chi connectivity index (χ4v) is 1.40. The number of benzene rings is 1. The lowest BCUT2D eigenvalue weighted by molar-refractivity contribution is -0.137. The molecule has 1 rings (SSSR count). The number of terminal acetylenes is 1. The van der Waals surface area contributed by atoms with Crippen LogP contribution in [0.3, 0.4) is 0 Å². The summed E-state index contributed by atoms with van der Waals surface area (Å²) >= 11 is 0. The minimum Gasteiger partial charge on any atom is -0.481 e. The Hall–Kier alpha value is -2.48. The van der Waals surface area contributed by atoms with Crippen molar-refractivity contribution in [1.82, 2.24) is 10.2 Å². The second-order valence-corrected chi connectivity index (χ2v) is 4.07. The molecule has 5 nitrogen and oxygen atoms in total. The average molecular weight is 260 g/mol. The molecule has 0 heterocycles. The number of amides is 2. The molecule has 0 saturated heterocycles. The maximum Gasteiger partial charge on any atom is 0.317 e. The summed E-state index contributed by atoms with van der Waals surface area (Å²) in [7, 11) is 1.56. The quantitative estimate of drug-likeness (QED) is 0.784. The van der Waals surface area contributed by atoms with Crippen LogP contribution in [-0.2, 0) is 11.3 Å². The molecule has 0 unspecified atom stereocenters. The third kappa shape index (κ3) is 5.13. The average Bonchev–Trinajstić information content (AvgIpc) is 2.42. The molecule has 2 N–H and O–H groups in total. The van der Waals surface area contributed by atoms with E-state index < -0.39 is 5.97 Å². The zero-order chi connectivity index (χ0) is 14.3. The Bertz CT molecular complexity index is 488. The van der Waals surface area contributed by atoms with E-state index in [-0.39, 0.29) is 19.0 Å². The standard InChI is InChI=1S/C14H16N2O3/c1-3-11-4-6-12(7-5-11)10-15-14(19)16(2)9-8-13(17)18/h1,4-7H,8-10H2,2H3,(H,15,19)(H,17,18). The van der Waals surface area contributed by atoms with Crippen molar-refractivity contribution in [2.75, 3.05) is 13.6 Å². The molecule has 1 aromatic carbocycles. The van der Waals surface area contributed by atoms with Crippen LogP contribution >= 0.6 is 0 Å². The van der Waals surface area contributed by atoms with E-state index >= 15 is 0 Å². The van der Waals surface area contributed by atoms with Gasteiger partial charge in [0.1, 0.15) is 0 Å². The van der Waals surface area contributed by atoms with E-state index in [0.29, 0.717) is 6.54 Å². The number of nitrogens with one attached hydrogen (secondary N) is 1. The van der Waals surface area contributed by atoms with Gasteiger partial charge in [0.05, 0.1) is 6.42 Å². The van der Waals surface area contributed by atoms with Crippen LogP contribution in [0.25, 0.3) is 0 Å². The zero-order valence-electron chi connectivity index (χ0n) is 10.7. The lowest BCUT2D eigenvalue weighted by Crippen LogP contribution is -2.37. The van der Waals surface area contributed by atoms with Crippen LogP contribution in [0.2, 0.25) is 0 Å². The van der Waals surface area contributed by atoms with E-state index in [2.05, 4.69) is 11.2 Å². The number of carbonyl (C=O) groups excluding carboxylic acids is 1. The van der Waals surface area contributed by atoms with Crippen LogP contribution in [-0.4, -0.2) is 35.6 Å². The Labute approximate surface area is 112 Å². The van der Waals surface area contributed by atoms with Gasteiger partial charge in [-0.05, 0) is 17.7 Å². The molecular weight excluding hydrogens is 244 g/mol. The maximum absolute atomic E-state index is 11.6. The molecule has 1 aromatic rings. The van der Waals surface area contributed by atoms with Crippen LogP contribution in [0, 0.1) is 12.3 Å². The zero-order valence-corrected chi connectivity index (χ0v) is 10.7. The van der Waals surface area contributed by atoms with E-state index in [4.69, 9.17) is 11.5 Å². The summed E-state index contributed by atoms with van der Waals surface area (Å²) in [6.07, 6.45) is 5.18. The number of hydrogen-bond acceptors (Lipinski definition) is 2. The van der Waals surface area contributed by atoms with Crippen LogP contribution in [0.15, 0.2) is 24.3 Å². The number of urea groups is 1. The fraction of sp³-hybridized carbons (Fsp3) is 0.286. The summed E-state index contributed by atoms with van der Waals surface area (Å²) < 4.78 is 0. The van der Waals surface area contributed by atoms with Gasteiger partial charge in [0.2, 0.25) is 0 Å². The predicted molar refractivity (Wildman–Crippen MR) is 71.5 cm³/mol. The molecule has 0 aliphatic heterocycles. The first kappa shape index (κ1) is 14.6. The summed E-state index contributed by atoms with van der Waals surface area (Å²) in [5.74, 6) is 1.59. The number of carbonyl (C=O) groups is 2. The Balaban J connectivity index is 2.40. The third-order valence-corrected chi connectivity index (χ3v) is 2.57. The largest absolute Gasteiger partial charge is 0.481 e. The molecule has 0 aliphatic rings. The lowest BCUT2D eigenvalue weighted by atomic mass is 10.1. The van der Waals surface area contributed by atoms with Gasteiger partial charge < -0.3 is 15.3 Å². The van der Waals surface area contributed by atoms with Gasteiger partial charge in [0.15, 0.2) is 0 Å². The smallest absolute Gasteiger partial charge is 0.317 e. The van der Waals surface area contributed by atoms with Crippen molar-refractivity contribution < 1.29 is 14.7 Å². The molecule has 2 amide bonds. The van der Waals surface area contributed by atoms with Gasteiger partial charge in [-0.15, -0.1) is 6.42 Å². The molecule has 19 heavy (non-hydrogen) atoms. The highest BCUT2D eigenvalue weighted by molar-refractivity contribution is 5.75. The normalized spacial score (nSPS) is 9.47. The highest BCUT2D eigenvalue weighted by Crippen LogP contribution is 2.03. The summed E-state index contributed by atoms with van der Waals surface area (Å²) in [6.45, 7) is 0.554. The number of nitrogens with zero attached hydrogens (tertiary/aromatic N) is 1. The van der Waals surface area contributed by atoms with E-state index in [1.54, 1.807) is 19.2 Å². The van der Waals surface area contributed by atoms with Crippen molar-refractivity contribution in [1.29, 1.82) is 0 Å². The molecular formula is C14H16N2O3. The molecule has 0 bridgehead atoms. The summed E-state index contributed by atoms with van der Waals surface area (Å²) in [5.41, 5.74) is 1.72. The fourth-order valence-electron chi connectivity index (χ4n) is 1.40. The minimum atomic E-state index is -0.926. The second kappa shape index (κ2) is 7.07. The van der Waals surface area contributed by atoms with Crippen molar-refractivity contribution >= 4 is 12.0 Å². The first-order chi connectivity index (χ1) is 9.02. The van der Waals surface area contributed by atoms with Crippen molar-refractivity contribution in [3.05, 3.63) is 35.4 Å². The van der Waals surface area contributed by atoms with E-state index in [1.165, 1.54) is 4.90 Å². The van der Waals surface area contributed by atoms with E-state index in [0.717, 1.165) is 11.1 Å². The number of aliphatic carboxylic acids is 1. The van der Waals surface area contributed by atoms with Crippen LogP contribution in [0.1, 0.15) is 17.5 Å². The van der Waals surface area contributed by atoms with Gasteiger partial charge in [-0.3, -0.25) is 4.79 Å². The van der Waals surface area contributed by atoms with Gasteiger partial charge in [0, 0.05) is 25.7 Å². The predicted octanol–water partition coefficient (Wildman–Crippen LogP) is 1.28. The first-order valence-electron chi connectivity index (χ1n) is 5.79. The molecule has 0 atom stereocenters. The highest BCUT2D eigenvalue weighted by atomic mass is 16.4. The molecule has 5 heteroatoms. The Morgan fingerprint density at radius 3 is 2.53 bits per heavy atom.